The Hall–Kier alpha value is -2.83. The summed E-state index contributed by atoms with van der Waals surface area (Å²) in [5, 5.41) is 28.4. The van der Waals surface area contributed by atoms with Crippen molar-refractivity contribution < 1.29 is 107 Å². The summed E-state index contributed by atoms with van der Waals surface area (Å²) < 4.78 is 74.6. The van der Waals surface area contributed by atoms with Crippen LogP contribution in [0.15, 0.2) is 50.6 Å². The van der Waals surface area contributed by atoms with Crippen molar-refractivity contribution in [3.63, 3.8) is 0 Å². The van der Waals surface area contributed by atoms with Crippen LogP contribution in [0.5, 0.6) is 0 Å². The average Bonchev–Trinajstić information content (AvgIpc) is 3.84. The number of ketones is 1. The molecule has 0 saturated heterocycles. The van der Waals surface area contributed by atoms with Crippen LogP contribution in [0, 0.1) is 23.7 Å². The van der Waals surface area contributed by atoms with Crippen molar-refractivity contribution in [1.82, 2.24) is 0 Å². The van der Waals surface area contributed by atoms with E-state index in [1.54, 1.807) is 0 Å². The van der Waals surface area contributed by atoms with Gasteiger partial charge in [-0.2, -0.15) is 0 Å². The number of aliphatic hydroxyl groups excluding tert-OH is 3. The second-order valence-corrected chi connectivity index (χ2v) is 14.2. The van der Waals surface area contributed by atoms with Crippen LogP contribution in [0.3, 0.4) is 0 Å². The zero-order valence-electron chi connectivity index (χ0n) is 35.3. The van der Waals surface area contributed by atoms with E-state index in [0.29, 0.717) is 38.5 Å². The molecule has 3 radical (unpaired) electrons. The van der Waals surface area contributed by atoms with Crippen molar-refractivity contribution in [2.45, 2.75) is 118 Å². The Morgan fingerprint density at radius 3 is 1.07 bits per heavy atom. The number of carbonyl (C=O) groups is 5. The minimum absolute atomic E-state index is 0. The molecule has 0 bridgehead atoms. The van der Waals surface area contributed by atoms with Crippen molar-refractivity contribution in [2.24, 2.45) is 23.7 Å². The number of allylic oxidation sites excluding steroid dienone is 4. The van der Waals surface area contributed by atoms with Crippen LogP contribution in [-0.2, 0) is 42.9 Å². The van der Waals surface area contributed by atoms with Gasteiger partial charge in [-0.05, 0) is 44.9 Å². The second-order valence-electron chi connectivity index (χ2n) is 14.2. The first-order valence-corrected chi connectivity index (χ1v) is 18.3. The monoisotopic (exact) mass is 841 g/mol. The fourth-order valence-electron chi connectivity index (χ4n) is 7.80. The van der Waals surface area contributed by atoms with Crippen LogP contribution in [-0.4, -0.2) is 123 Å². The van der Waals surface area contributed by atoms with Gasteiger partial charge in [0.15, 0.2) is 28.5 Å². The van der Waals surface area contributed by atoms with E-state index in [9.17, 15) is 56.9 Å². The van der Waals surface area contributed by atoms with Crippen LogP contribution >= 0.6 is 0 Å². The molecule has 4 rings (SSSR count). The molecule has 18 heteroatoms. The predicted molar refractivity (Wildman–Crippen MR) is 203 cm³/mol. The minimum atomic E-state index is -2.09. The van der Waals surface area contributed by atoms with Crippen LogP contribution in [0.25, 0.3) is 0 Å². The Kier molecular flexibility index (Phi) is 25.4. The van der Waals surface area contributed by atoms with Gasteiger partial charge in [-0.25, -0.2) is 17.6 Å². The number of methoxy groups -OCH3 is 4. The molecule has 0 aromatic carbocycles. The van der Waals surface area contributed by atoms with E-state index in [2.05, 4.69) is 45.3 Å². The van der Waals surface area contributed by atoms with Gasteiger partial charge in [-0.15, -0.1) is 26.3 Å². The summed E-state index contributed by atoms with van der Waals surface area (Å²) >= 11 is 0. The predicted octanol–water partition coefficient (Wildman–Crippen LogP) is 1.80. The number of halogens is 4. The van der Waals surface area contributed by atoms with Gasteiger partial charge in [0, 0.05) is 40.5 Å². The molecular formula is C40H59BF4NaO12. The molecule has 4 saturated carbocycles. The van der Waals surface area contributed by atoms with E-state index in [-0.39, 0.29) is 77.9 Å². The van der Waals surface area contributed by atoms with Gasteiger partial charge >= 0.3 is 53.4 Å². The van der Waals surface area contributed by atoms with Crippen molar-refractivity contribution >= 4 is 38.1 Å². The summed E-state index contributed by atoms with van der Waals surface area (Å²) in [6.45, 7) is 13.6. The standard InChI is InChI=1S/3C10H15FO3.C10H13FO3.B.Na.H/c4*1-3-6-10(11)7(9(13)14-2)4-5-8(10)12;;;/h3*3,7-8,12H,1,4-6H2,2H3;3,7H,1,4-6H2,2H3;;;/q;;;;;+1;-1/t7-,8+,10-;7-,8-,10+;7-,8-,10-;7-,10?;;;/m1111.../s1. The van der Waals surface area contributed by atoms with Gasteiger partial charge in [0.25, 0.3) is 0 Å². The summed E-state index contributed by atoms with van der Waals surface area (Å²) in [7, 11) is 4.86. The minimum Gasteiger partial charge on any atom is -1.00 e. The smallest absolute Gasteiger partial charge is 1.00 e. The molecular weight excluding hydrogens is 782 g/mol. The molecule has 3 N–H and O–H groups in total. The summed E-state index contributed by atoms with van der Waals surface area (Å²) in [4.78, 5) is 56.2. The SMILES string of the molecule is C=CCC1(F)C(=O)CC[C@@H]1C(=O)OC.C=CC[C@@]1(F)[C@@H](C(=O)OC)CC[C@@H]1O.C=CC[C@@]1(F)[C@H](O)CC[C@@H]1C(=O)OC.C=CC[C@]1(F)[C@H](O)CC[C@@H]1C(=O)OC.[B].[H-].[Na+]. The number of ether oxygens (including phenoxy) is 4. The molecule has 0 heterocycles. The van der Waals surface area contributed by atoms with Gasteiger partial charge < -0.3 is 35.7 Å². The Morgan fingerprint density at radius 1 is 0.569 bits per heavy atom. The van der Waals surface area contributed by atoms with E-state index in [1.165, 1.54) is 52.7 Å². The normalized spacial score (nSPS) is 34.3. The number of hydrogen-bond acceptors (Lipinski definition) is 12. The molecule has 4 aliphatic carbocycles. The van der Waals surface area contributed by atoms with Gasteiger partial charge in [-0.3, -0.25) is 24.0 Å². The number of rotatable bonds is 12. The summed E-state index contributed by atoms with van der Waals surface area (Å²) in [6.07, 6.45) is 4.21. The molecule has 0 aliphatic heterocycles. The van der Waals surface area contributed by atoms with Crippen LogP contribution in [0.2, 0.25) is 0 Å². The maximum absolute atomic E-state index is 14.2. The Morgan fingerprint density at radius 2 is 0.828 bits per heavy atom. The number of hydrogen-bond donors (Lipinski definition) is 3. The topological polar surface area (TPSA) is 183 Å². The molecule has 4 aliphatic rings. The van der Waals surface area contributed by atoms with Crippen molar-refractivity contribution in [2.75, 3.05) is 28.4 Å². The first-order chi connectivity index (χ1) is 26.2. The van der Waals surface area contributed by atoms with E-state index >= 15 is 0 Å². The molecule has 0 aromatic heterocycles. The molecule has 12 nitrogen and oxygen atoms in total. The van der Waals surface area contributed by atoms with Gasteiger partial charge in [0.2, 0.25) is 0 Å². The Balaban J connectivity index is -0.000000697. The molecule has 0 aromatic rings. The van der Waals surface area contributed by atoms with Crippen LogP contribution in [0.4, 0.5) is 17.6 Å². The Bertz CT molecular complexity index is 1310. The molecule has 0 amide bonds. The number of alkyl halides is 4. The van der Waals surface area contributed by atoms with Crippen molar-refractivity contribution in [1.29, 1.82) is 0 Å². The third-order valence-corrected chi connectivity index (χ3v) is 11.0. The van der Waals surface area contributed by atoms with Gasteiger partial charge in [0.1, 0.15) is 0 Å². The second kappa shape index (κ2) is 25.7. The number of carbonyl (C=O) groups excluding carboxylic acids is 5. The zero-order valence-corrected chi connectivity index (χ0v) is 36.3. The fourth-order valence-corrected chi connectivity index (χ4v) is 7.80. The maximum atomic E-state index is 14.2. The molecule has 11 atom stereocenters. The molecule has 1 unspecified atom stereocenters. The zero-order chi connectivity index (χ0) is 43.1. The fraction of sp³-hybridized carbons (Fsp3) is 0.675. The third-order valence-electron chi connectivity index (χ3n) is 11.0. The first kappa shape index (κ1) is 57.3. The van der Waals surface area contributed by atoms with Crippen molar-refractivity contribution in [3.05, 3.63) is 50.6 Å². The number of aliphatic hydroxyl groups is 3. The van der Waals surface area contributed by atoms with E-state index in [4.69, 9.17) is 0 Å². The average molecular weight is 842 g/mol. The molecule has 0 spiro atoms. The quantitative estimate of drug-likeness (QED) is 0.0854. The summed E-state index contributed by atoms with van der Waals surface area (Å²) in [5.41, 5.74) is -7.77. The summed E-state index contributed by atoms with van der Waals surface area (Å²) in [5.74, 6) is -6.49. The summed E-state index contributed by atoms with van der Waals surface area (Å²) in [6, 6.07) is 0. The maximum Gasteiger partial charge on any atom is 1.00 e. The van der Waals surface area contributed by atoms with Crippen molar-refractivity contribution in [3.8, 4) is 0 Å². The van der Waals surface area contributed by atoms with Crippen LogP contribution < -0.4 is 29.6 Å². The Labute approximate surface area is 364 Å². The largest absolute Gasteiger partial charge is 1.00 e. The molecule has 58 heavy (non-hydrogen) atoms. The van der Waals surface area contributed by atoms with Crippen LogP contribution in [0.1, 0.15) is 78.5 Å². The van der Waals surface area contributed by atoms with Gasteiger partial charge in [-0.1, -0.05) is 24.3 Å². The number of esters is 4. The first-order valence-electron chi connectivity index (χ1n) is 18.3. The van der Waals surface area contributed by atoms with Gasteiger partial charge in [0.05, 0.1) is 70.4 Å². The number of Topliss-reactive ketones (excluding diaryl/α,β-unsaturated/α-hetero) is 1. The van der Waals surface area contributed by atoms with E-state index < -0.39 is 94.3 Å². The molecule has 323 valence electrons. The van der Waals surface area contributed by atoms with E-state index in [0.717, 1.165) is 0 Å². The third kappa shape index (κ3) is 13.1. The molecule has 4 fully saturated rings. The van der Waals surface area contributed by atoms with E-state index in [1.807, 2.05) is 0 Å².